The van der Waals surface area contributed by atoms with Crippen LogP contribution in [0.1, 0.15) is 20.8 Å². The van der Waals surface area contributed by atoms with Gasteiger partial charge < -0.3 is 5.32 Å². The highest BCUT2D eigenvalue weighted by atomic mass is 32.1. The lowest BCUT2D eigenvalue weighted by Gasteiger charge is -2.22. The van der Waals surface area contributed by atoms with Crippen molar-refractivity contribution in [3.63, 3.8) is 0 Å². The average Bonchev–Trinajstić information content (AvgIpc) is 2.92. The van der Waals surface area contributed by atoms with Crippen LogP contribution in [0.5, 0.6) is 0 Å². The topological polar surface area (TPSA) is 29.3 Å². The molecule has 0 amide bonds. The van der Waals surface area contributed by atoms with Crippen molar-refractivity contribution in [3.05, 3.63) is 41.9 Å². The van der Waals surface area contributed by atoms with Crippen molar-refractivity contribution in [2.75, 3.05) is 5.32 Å². The molecule has 2 heterocycles. The molecule has 1 N–H and O–H groups in total. The highest BCUT2D eigenvalue weighted by Gasteiger charge is 2.19. The second kappa shape index (κ2) is 4.38. The van der Waals surface area contributed by atoms with Gasteiger partial charge in [-0.15, -0.1) is 11.3 Å². The molecule has 2 aromatic heterocycles. The molecule has 98 valence electrons. The molecule has 0 bridgehead atoms. The Bertz CT molecular complexity index is 689. The highest BCUT2D eigenvalue weighted by Crippen LogP contribution is 2.32. The van der Waals surface area contributed by atoms with E-state index in [-0.39, 0.29) is 5.54 Å². The Morgan fingerprint density at radius 1 is 1.16 bits per heavy atom. The summed E-state index contributed by atoms with van der Waals surface area (Å²) in [5.74, 6) is 1.06. The highest BCUT2D eigenvalue weighted by molar-refractivity contribution is 7.15. The number of nitrogens with zero attached hydrogens (tertiary/aromatic N) is 2. The van der Waals surface area contributed by atoms with Crippen molar-refractivity contribution in [3.8, 4) is 11.3 Å². The SMILES string of the molecule is CC(C)(C)Nc1c(-c2ccccc2)nc2sccn12. The van der Waals surface area contributed by atoms with Gasteiger partial charge in [0, 0.05) is 22.7 Å². The lowest BCUT2D eigenvalue weighted by molar-refractivity contribution is 0.630. The summed E-state index contributed by atoms with van der Waals surface area (Å²) in [7, 11) is 0. The monoisotopic (exact) mass is 271 g/mol. The first-order chi connectivity index (χ1) is 9.04. The minimum atomic E-state index is 0.00142. The van der Waals surface area contributed by atoms with Gasteiger partial charge in [0.15, 0.2) is 4.96 Å². The fourth-order valence-corrected chi connectivity index (χ4v) is 2.77. The molecule has 1 aromatic carbocycles. The number of thiazole rings is 1. The van der Waals surface area contributed by atoms with Gasteiger partial charge in [-0.3, -0.25) is 4.40 Å². The molecule has 0 saturated carbocycles. The smallest absolute Gasteiger partial charge is 0.195 e. The van der Waals surface area contributed by atoms with Crippen LogP contribution < -0.4 is 5.32 Å². The molecule has 0 aliphatic rings. The standard InChI is InChI=1S/C15H17N3S/c1-15(2,3)17-13-12(11-7-5-4-6-8-11)16-14-18(13)9-10-19-14/h4-10,17H,1-3H3. The van der Waals surface area contributed by atoms with E-state index in [4.69, 9.17) is 4.98 Å². The molecule has 0 aliphatic heterocycles. The van der Waals surface area contributed by atoms with Crippen LogP contribution in [0.15, 0.2) is 41.9 Å². The minimum Gasteiger partial charge on any atom is -0.365 e. The van der Waals surface area contributed by atoms with Crippen LogP contribution in [0, 0.1) is 0 Å². The fraction of sp³-hybridized carbons (Fsp3) is 0.267. The summed E-state index contributed by atoms with van der Waals surface area (Å²) < 4.78 is 2.12. The maximum atomic E-state index is 4.75. The molecule has 0 aliphatic carbocycles. The number of fused-ring (bicyclic) bond motifs is 1. The molecule has 4 heteroatoms. The Hall–Kier alpha value is -1.81. The van der Waals surface area contributed by atoms with Crippen molar-refractivity contribution >= 4 is 22.1 Å². The summed E-state index contributed by atoms with van der Waals surface area (Å²) in [6, 6.07) is 10.3. The number of hydrogen-bond donors (Lipinski definition) is 1. The second-order valence-electron chi connectivity index (χ2n) is 5.61. The molecule has 0 spiro atoms. The number of hydrogen-bond acceptors (Lipinski definition) is 3. The summed E-state index contributed by atoms with van der Waals surface area (Å²) in [6.07, 6.45) is 2.06. The molecule has 0 radical (unpaired) electrons. The van der Waals surface area contributed by atoms with E-state index in [1.54, 1.807) is 11.3 Å². The largest absolute Gasteiger partial charge is 0.365 e. The van der Waals surface area contributed by atoms with Gasteiger partial charge in [-0.25, -0.2) is 4.98 Å². The van der Waals surface area contributed by atoms with Gasteiger partial charge in [-0.05, 0) is 20.8 Å². The predicted octanol–water partition coefficient (Wildman–Crippen LogP) is 4.27. The van der Waals surface area contributed by atoms with E-state index in [1.165, 1.54) is 0 Å². The van der Waals surface area contributed by atoms with E-state index in [0.717, 1.165) is 22.0 Å². The first-order valence-electron chi connectivity index (χ1n) is 6.34. The molecular weight excluding hydrogens is 254 g/mol. The molecule has 3 rings (SSSR count). The van der Waals surface area contributed by atoms with Crippen LogP contribution in [0.3, 0.4) is 0 Å². The second-order valence-corrected chi connectivity index (χ2v) is 6.48. The van der Waals surface area contributed by atoms with Gasteiger partial charge >= 0.3 is 0 Å². The normalized spacial score (nSPS) is 11.9. The van der Waals surface area contributed by atoms with Crippen molar-refractivity contribution < 1.29 is 0 Å². The molecule has 19 heavy (non-hydrogen) atoms. The maximum Gasteiger partial charge on any atom is 0.195 e. The van der Waals surface area contributed by atoms with Crippen LogP contribution >= 0.6 is 11.3 Å². The molecule has 0 unspecified atom stereocenters. The van der Waals surface area contributed by atoms with E-state index in [9.17, 15) is 0 Å². The van der Waals surface area contributed by atoms with Crippen LogP contribution in [0.2, 0.25) is 0 Å². The first kappa shape index (κ1) is 12.2. The Morgan fingerprint density at radius 3 is 2.58 bits per heavy atom. The summed E-state index contributed by atoms with van der Waals surface area (Å²) in [6.45, 7) is 6.48. The Balaban J connectivity index is 2.18. The quantitative estimate of drug-likeness (QED) is 0.754. The van der Waals surface area contributed by atoms with E-state index in [0.29, 0.717) is 0 Å². The third-order valence-electron chi connectivity index (χ3n) is 2.80. The summed E-state index contributed by atoms with van der Waals surface area (Å²) in [5, 5.41) is 5.62. The van der Waals surface area contributed by atoms with E-state index < -0.39 is 0 Å². The van der Waals surface area contributed by atoms with E-state index in [1.807, 2.05) is 18.2 Å². The number of nitrogens with one attached hydrogen (secondary N) is 1. The van der Waals surface area contributed by atoms with Crippen LogP contribution in [-0.2, 0) is 0 Å². The Kier molecular flexibility index (Phi) is 2.82. The van der Waals surface area contributed by atoms with Gasteiger partial charge in [0.05, 0.1) is 0 Å². The average molecular weight is 271 g/mol. The van der Waals surface area contributed by atoms with E-state index in [2.05, 4.69) is 54.2 Å². The third-order valence-corrected chi connectivity index (χ3v) is 3.56. The predicted molar refractivity (Wildman–Crippen MR) is 81.9 cm³/mol. The number of benzene rings is 1. The zero-order valence-corrected chi connectivity index (χ0v) is 12.2. The molecule has 0 saturated heterocycles. The Morgan fingerprint density at radius 2 is 1.89 bits per heavy atom. The number of imidazole rings is 1. The van der Waals surface area contributed by atoms with Crippen molar-refractivity contribution in [2.24, 2.45) is 0 Å². The van der Waals surface area contributed by atoms with Gasteiger partial charge in [-0.1, -0.05) is 30.3 Å². The third kappa shape index (κ3) is 2.36. The molecular formula is C15H17N3S. The van der Waals surface area contributed by atoms with Gasteiger partial charge in [-0.2, -0.15) is 0 Å². The van der Waals surface area contributed by atoms with Gasteiger partial charge in [0.1, 0.15) is 11.5 Å². The first-order valence-corrected chi connectivity index (χ1v) is 7.22. The number of anilines is 1. The van der Waals surface area contributed by atoms with Gasteiger partial charge in [0.2, 0.25) is 0 Å². The molecule has 0 fully saturated rings. The zero-order chi connectivity index (χ0) is 13.5. The Labute approximate surface area is 116 Å². The summed E-state index contributed by atoms with van der Waals surface area (Å²) in [4.78, 5) is 5.77. The van der Waals surface area contributed by atoms with Crippen molar-refractivity contribution in [1.82, 2.24) is 9.38 Å². The molecule has 3 aromatic rings. The van der Waals surface area contributed by atoms with Crippen LogP contribution in [-0.4, -0.2) is 14.9 Å². The van der Waals surface area contributed by atoms with Gasteiger partial charge in [0.25, 0.3) is 0 Å². The lowest BCUT2D eigenvalue weighted by atomic mass is 10.1. The maximum absolute atomic E-state index is 4.75. The van der Waals surface area contributed by atoms with Crippen molar-refractivity contribution in [1.29, 1.82) is 0 Å². The van der Waals surface area contributed by atoms with Crippen LogP contribution in [0.25, 0.3) is 16.2 Å². The lowest BCUT2D eigenvalue weighted by Crippen LogP contribution is -2.27. The molecule has 3 nitrogen and oxygen atoms in total. The fourth-order valence-electron chi connectivity index (χ4n) is 2.06. The zero-order valence-electron chi connectivity index (χ0n) is 11.3. The summed E-state index contributed by atoms with van der Waals surface area (Å²) >= 11 is 1.65. The number of rotatable bonds is 2. The summed E-state index contributed by atoms with van der Waals surface area (Å²) in [5.41, 5.74) is 2.16. The van der Waals surface area contributed by atoms with E-state index >= 15 is 0 Å². The molecule has 0 atom stereocenters. The minimum absolute atomic E-state index is 0.00142. The number of aromatic nitrogens is 2. The van der Waals surface area contributed by atoms with Crippen molar-refractivity contribution in [2.45, 2.75) is 26.3 Å². The van der Waals surface area contributed by atoms with Crippen LogP contribution in [0.4, 0.5) is 5.82 Å².